The highest BCUT2D eigenvalue weighted by Gasteiger charge is 2.12. The van der Waals surface area contributed by atoms with Crippen LogP contribution in [0, 0.1) is 0 Å². The number of hydrogen-bond donors (Lipinski definition) is 2. The van der Waals surface area contributed by atoms with Gasteiger partial charge in [0.05, 0.1) is 30.9 Å². The summed E-state index contributed by atoms with van der Waals surface area (Å²) in [6.45, 7) is 3.19. The van der Waals surface area contributed by atoms with Gasteiger partial charge in [0.15, 0.2) is 0 Å². The number of aryl methyl sites for hydroxylation is 2. The topological polar surface area (TPSA) is 87.8 Å². The molecule has 0 spiro atoms. The van der Waals surface area contributed by atoms with Gasteiger partial charge in [0, 0.05) is 38.7 Å². The normalized spacial score (nSPS) is 11.0. The molecule has 0 atom stereocenters. The Morgan fingerprint density at radius 3 is 2.64 bits per heavy atom. The second-order valence-corrected chi connectivity index (χ2v) is 5.85. The first kappa shape index (κ1) is 19.2. The molecular formula is C18H27N3O4. The maximum atomic E-state index is 11.4. The maximum Gasteiger partial charge on any atom is 0.305 e. The van der Waals surface area contributed by atoms with Gasteiger partial charge in [-0.05, 0) is 31.5 Å². The molecule has 1 aromatic carbocycles. The molecule has 0 aliphatic rings. The van der Waals surface area contributed by atoms with Crippen molar-refractivity contribution < 1.29 is 19.7 Å². The van der Waals surface area contributed by atoms with Gasteiger partial charge in [0.2, 0.25) is 0 Å². The number of esters is 1. The molecule has 7 heteroatoms. The number of nitrogens with zero attached hydrogens (tertiary/aromatic N) is 3. The molecule has 25 heavy (non-hydrogen) atoms. The van der Waals surface area contributed by atoms with E-state index in [4.69, 9.17) is 4.74 Å². The molecular weight excluding hydrogens is 322 g/mol. The van der Waals surface area contributed by atoms with Crippen LogP contribution in [0.15, 0.2) is 18.2 Å². The van der Waals surface area contributed by atoms with Crippen LogP contribution in [-0.4, -0.2) is 58.6 Å². The average molecular weight is 349 g/mol. The fourth-order valence-electron chi connectivity index (χ4n) is 2.89. The number of fused-ring (bicyclic) bond motifs is 1. The number of carbonyl (C=O) groups is 1. The lowest BCUT2D eigenvalue weighted by molar-refractivity contribution is -0.143. The quantitative estimate of drug-likeness (QED) is 0.628. The van der Waals surface area contributed by atoms with Crippen molar-refractivity contribution in [2.24, 2.45) is 7.05 Å². The number of rotatable bonds is 10. The first-order valence-corrected chi connectivity index (χ1v) is 8.68. The Labute approximate surface area is 147 Å². The van der Waals surface area contributed by atoms with Crippen molar-refractivity contribution in [1.82, 2.24) is 9.55 Å². The number of imidazole rings is 1. The molecule has 1 aromatic heterocycles. The van der Waals surface area contributed by atoms with Gasteiger partial charge in [-0.3, -0.25) is 4.79 Å². The minimum absolute atomic E-state index is 0.0271. The summed E-state index contributed by atoms with van der Waals surface area (Å²) in [6, 6.07) is 5.93. The fraction of sp³-hybridized carbons (Fsp3) is 0.556. The van der Waals surface area contributed by atoms with E-state index in [0.717, 1.165) is 22.5 Å². The van der Waals surface area contributed by atoms with Gasteiger partial charge in [0.25, 0.3) is 0 Å². The van der Waals surface area contributed by atoms with E-state index in [0.29, 0.717) is 39.0 Å². The van der Waals surface area contributed by atoms with Gasteiger partial charge in [-0.1, -0.05) is 0 Å². The van der Waals surface area contributed by atoms with E-state index in [1.54, 1.807) is 6.92 Å². The minimum Gasteiger partial charge on any atom is -0.466 e. The Kier molecular flexibility index (Phi) is 7.21. The third-order valence-corrected chi connectivity index (χ3v) is 4.15. The maximum absolute atomic E-state index is 11.4. The Balaban J connectivity index is 2.13. The van der Waals surface area contributed by atoms with Crippen LogP contribution >= 0.6 is 0 Å². The van der Waals surface area contributed by atoms with E-state index in [-0.39, 0.29) is 19.2 Å². The van der Waals surface area contributed by atoms with Gasteiger partial charge >= 0.3 is 5.97 Å². The van der Waals surface area contributed by atoms with E-state index >= 15 is 0 Å². The molecule has 0 amide bonds. The van der Waals surface area contributed by atoms with Crippen LogP contribution in [0.5, 0.6) is 0 Å². The van der Waals surface area contributed by atoms with Crippen molar-refractivity contribution in [2.75, 3.05) is 37.8 Å². The number of carbonyl (C=O) groups excluding carboxylic acids is 1. The van der Waals surface area contributed by atoms with E-state index in [1.807, 2.05) is 34.7 Å². The van der Waals surface area contributed by atoms with Gasteiger partial charge in [-0.25, -0.2) is 4.98 Å². The zero-order valence-electron chi connectivity index (χ0n) is 14.9. The molecule has 0 saturated heterocycles. The van der Waals surface area contributed by atoms with Crippen LogP contribution in [0.3, 0.4) is 0 Å². The molecule has 138 valence electrons. The highest BCUT2D eigenvalue weighted by Crippen LogP contribution is 2.23. The van der Waals surface area contributed by atoms with Crippen LogP contribution in [0.1, 0.15) is 25.6 Å². The number of hydrogen-bond acceptors (Lipinski definition) is 6. The molecule has 7 nitrogen and oxygen atoms in total. The molecule has 2 N–H and O–H groups in total. The largest absolute Gasteiger partial charge is 0.466 e. The summed E-state index contributed by atoms with van der Waals surface area (Å²) in [6.07, 6.45) is 1.80. The summed E-state index contributed by atoms with van der Waals surface area (Å²) >= 11 is 0. The number of benzene rings is 1. The Morgan fingerprint density at radius 2 is 2.00 bits per heavy atom. The summed E-state index contributed by atoms with van der Waals surface area (Å²) in [7, 11) is 1.97. The first-order valence-electron chi connectivity index (χ1n) is 8.68. The third-order valence-electron chi connectivity index (χ3n) is 4.15. The molecule has 0 aliphatic carbocycles. The summed E-state index contributed by atoms with van der Waals surface area (Å²) in [5, 5.41) is 18.4. The Bertz CT molecular complexity index is 693. The van der Waals surface area contributed by atoms with Crippen molar-refractivity contribution in [3.05, 3.63) is 24.0 Å². The fourth-order valence-corrected chi connectivity index (χ4v) is 2.89. The molecule has 0 fully saturated rings. The van der Waals surface area contributed by atoms with Crippen molar-refractivity contribution in [2.45, 2.75) is 26.2 Å². The molecule has 0 aliphatic heterocycles. The summed E-state index contributed by atoms with van der Waals surface area (Å²) in [5.74, 6) is 0.750. The van der Waals surface area contributed by atoms with Crippen LogP contribution in [0.2, 0.25) is 0 Å². The van der Waals surface area contributed by atoms with Gasteiger partial charge in [-0.2, -0.15) is 0 Å². The summed E-state index contributed by atoms with van der Waals surface area (Å²) in [4.78, 5) is 18.0. The first-order chi connectivity index (χ1) is 12.1. The van der Waals surface area contributed by atoms with Crippen molar-refractivity contribution in [3.8, 4) is 0 Å². The smallest absolute Gasteiger partial charge is 0.305 e. The van der Waals surface area contributed by atoms with E-state index < -0.39 is 0 Å². The SMILES string of the molecule is CCOC(=O)CCCc1nc2cc(N(CCO)CCO)ccc2n1C. The number of anilines is 1. The molecule has 1 heterocycles. The predicted molar refractivity (Wildman–Crippen MR) is 96.7 cm³/mol. The molecule has 2 aromatic rings. The van der Waals surface area contributed by atoms with Crippen LogP contribution in [0.25, 0.3) is 11.0 Å². The molecule has 0 unspecified atom stereocenters. The average Bonchev–Trinajstić information content (AvgIpc) is 2.90. The zero-order valence-corrected chi connectivity index (χ0v) is 14.9. The minimum atomic E-state index is -0.174. The van der Waals surface area contributed by atoms with E-state index in [9.17, 15) is 15.0 Å². The lowest BCUT2D eigenvalue weighted by Crippen LogP contribution is -2.29. The number of aliphatic hydroxyl groups is 2. The standard InChI is InChI=1S/C18H27N3O4/c1-3-25-18(24)6-4-5-17-19-15-13-14(7-8-16(15)20(17)2)21(9-11-22)10-12-23/h7-8,13,22-23H,3-6,9-12H2,1-2H3. The van der Waals surface area contributed by atoms with Crippen molar-refractivity contribution in [3.63, 3.8) is 0 Å². The van der Waals surface area contributed by atoms with E-state index in [2.05, 4.69) is 4.98 Å². The highest BCUT2D eigenvalue weighted by molar-refractivity contribution is 5.80. The summed E-state index contributed by atoms with van der Waals surface area (Å²) in [5.41, 5.74) is 2.81. The third kappa shape index (κ3) is 4.93. The number of ether oxygens (including phenoxy) is 1. The molecule has 0 saturated carbocycles. The molecule has 0 radical (unpaired) electrons. The van der Waals surface area contributed by atoms with Gasteiger partial charge in [-0.15, -0.1) is 0 Å². The molecule has 2 rings (SSSR count). The van der Waals surface area contributed by atoms with Crippen LogP contribution in [0.4, 0.5) is 5.69 Å². The monoisotopic (exact) mass is 349 g/mol. The lowest BCUT2D eigenvalue weighted by Gasteiger charge is -2.22. The van der Waals surface area contributed by atoms with Crippen molar-refractivity contribution in [1.29, 1.82) is 0 Å². The van der Waals surface area contributed by atoms with Gasteiger partial charge < -0.3 is 24.4 Å². The Hall–Kier alpha value is -2.12. The highest BCUT2D eigenvalue weighted by atomic mass is 16.5. The Morgan fingerprint density at radius 1 is 1.28 bits per heavy atom. The number of aromatic nitrogens is 2. The predicted octanol–water partition coefficient (Wildman–Crippen LogP) is 1.25. The second-order valence-electron chi connectivity index (χ2n) is 5.85. The summed E-state index contributed by atoms with van der Waals surface area (Å²) < 4.78 is 6.98. The van der Waals surface area contributed by atoms with Crippen LogP contribution < -0.4 is 4.90 Å². The number of aliphatic hydroxyl groups excluding tert-OH is 2. The van der Waals surface area contributed by atoms with Crippen molar-refractivity contribution >= 4 is 22.7 Å². The van der Waals surface area contributed by atoms with E-state index in [1.165, 1.54) is 0 Å². The molecule has 0 bridgehead atoms. The zero-order chi connectivity index (χ0) is 18.2. The van der Waals surface area contributed by atoms with Crippen LogP contribution in [-0.2, 0) is 23.0 Å². The van der Waals surface area contributed by atoms with Gasteiger partial charge in [0.1, 0.15) is 5.82 Å². The second kappa shape index (κ2) is 9.39. The lowest BCUT2D eigenvalue weighted by atomic mass is 10.2.